The summed E-state index contributed by atoms with van der Waals surface area (Å²) in [6, 6.07) is 6.15. The van der Waals surface area contributed by atoms with Crippen LogP contribution in [0.1, 0.15) is 43.7 Å². The van der Waals surface area contributed by atoms with Crippen molar-refractivity contribution in [2.75, 3.05) is 25.0 Å². The molecule has 2 amide bonds. The Labute approximate surface area is 156 Å². The maximum Gasteiger partial charge on any atom is 0.238 e. The summed E-state index contributed by atoms with van der Waals surface area (Å²) in [5.74, 6) is -0.122. The summed E-state index contributed by atoms with van der Waals surface area (Å²) in [5.41, 5.74) is 2.97. The van der Waals surface area contributed by atoms with E-state index in [0.717, 1.165) is 29.7 Å². The minimum absolute atomic E-state index is 0.0449. The van der Waals surface area contributed by atoms with E-state index in [9.17, 15) is 14.7 Å². The number of nitrogens with zero attached hydrogens (tertiary/aromatic N) is 1. The Kier molecular flexibility index (Phi) is 7.60. The highest BCUT2D eigenvalue weighted by Gasteiger charge is 2.30. The number of hydrogen-bond donors (Lipinski definition) is 3. The number of nitrogens with one attached hydrogen (secondary N) is 2. The quantitative estimate of drug-likeness (QED) is 0.595. The van der Waals surface area contributed by atoms with Gasteiger partial charge in [0.2, 0.25) is 11.8 Å². The number of anilines is 1. The number of para-hydroxylation sites is 1. The van der Waals surface area contributed by atoms with E-state index in [0.29, 0.717) is 32.0 Å². The minimum atomic E-state index is -0.191. The lowest BCUT2D eigenvalue weighted by molar-refractivity contribution is -0.123. The van der Waals surface area contributed by atoms with Crippen molar-refractivity contribution in [2.45, 2.75) is 58.5 Å². The van der Waals surface area contributed by atoms with Gasteiger partial charge in [0.25, 0.3) is 0 Å². The summed E-state index contributed by atoms with van der Waals surface area (Å²) in [6.45, 7) is 6.69. The Bertz CT molecular complexity index is 604. The van der Waals surface area contributed by atoms with Gasteiger partial charge in [-0.15, -0.1) is 0 Å². The number of hydrogen-bond acceptors (Lipinski definition) is 4. The second kappa shape index (κ2) is 9.69. The van der Waals surface area contributed by atoms with Crippen molar-refractivity contribution >= 4 is 17.5 Å². The summed E-state index contributed by atoms with van der Waals surface area (Å²) in [6.07, 6.45) is 3.19. The highest BCUT2D eigenvalue weighted by molar-refractivity contribution is 5.93. The molecular weight excluding hydrogens is 330 g/mol. The van der Waals surface area contributed by atoms with Crippen molar-refractivity contribution < 1.29 is 14.7 Å². The average molecular weight is 361 g/mol. The van der Waals surface area contributed by atoms with Crippen molar-refractivity contribution in [1.29, 1.82) is 0 Å². The monoisotopic (exact) mass is 361 g/mol. The Hall–Kier alpha value is -1.92. The first-order valence-electron chi connectivity index (χ1n) is 9.45. The number of rotatable bonds is 10. The molecule has 1 aromatic rings. The van der Waals surface area contributed by atoms with E-state index in [-0.39, 0.29) is 24.5 Å². The fourth-order valence-electron chi connectivity index (χ4n) is 3.03. The summed E-state index contributed by atoms with van der Waals surface area (Å²) in [4.78, 5) is 26.6. The molecule has 0 saturated heterocycles. The Morgan fingerprint density at radius 3 is 2.42 bits per heavy atom. The van der Waals surface area contributed by atoms with E-state index in [1.807, 2.05) is 39.0 Å². The Balaban J connectivity index is 1.86. The van der Waals surface area contributed by atoms with Gasteiger partial charge in [-0.05, 0) is 44.2 Å². The van der Waals surface area contributed by atoms with Crippen LogP contribution in [0, 0.1) is 13.8 Å². The number of benzene rings is 1. The molecule has 1 aliphatic rings. The molecule has 6 nitrogen and oxygen atoms in total. The molecular formula is C20H31N3O3. The van der Waals surface area contributed by atoms with Crippen LogP contribution in [-0.4, -0.2) is 53.6 Å². The molecule has 1 unspecified atom stereocenters. The standard InChI is InChI=1S/C20H31N3O3/c1-4-16(13-24)21-18(25)10-11-23(17-8-9-17)12-19(26)22-20-14(2)6-5-7-15(20)3/h5-7,16-17,24H,4,8-13H2,1-3H3,(H,21,25)(H,22,26). The predicted octanol–water partition coefficient (Wildman–Crippen LogP) is 1.98. The van der Waals surface area contributed by atoms with E-state index in [1.165, 1.54) is 0 Å². The molecule has 26 heavy (non-hydrogen) atoms. The number of carbonyl (C=O) groups excluding carboxylic acids is 2. The smallest absolute Gasteiger partial charge is 0.238 e. The molecule has 0 bridgehead atoms. The van der Waals surface area contributed by atoms with E-state index >= 15 is 0 Å². The van der Waals surface area contributed by atoms with Crippen molar-refractivity contribution in [2.24, 2.45) is 0 Å². The van der Waals surface area contributed by atoms with Gasteiger partial charge in [-0.3, -0.25) is 14.5 Å². The molecule has 1 aliphatic carbocycles. The molecule has 1 fully saturated rings. The van der Waals surface area contributed by atoms with Crippen LogP contribution in [0.25, 0.3) is 0 Å². The van der Waals surface area contributed by atoms with Gasteiger partial charge >= 0.3 is 0 Å². The van der Waals surface area contributed by atoms with Gasteiger partial charge in [-0.25, -0.2) is 0 Å². The SMILES string of the molecule is CCC(CO)NC(=O)CCN(CC(=O)Nc1c(C)cccc1C)C1CC1. The lowest BCUT2D eigenvalue weighted by Crippen LogP contribution is -2.41. The molecule has 0 heterocycles. The van der Waals surface area contributed by atoms with Gasteiger partial charge in [0, 0.05) is 24.7 Å². The molecule has 6 heteroatoms. The Morgan fingerprint density at radius 2 is 1.88 bits per heavy atom. The largest absolute Gasteiger partial charge is 0.394 e. The third-order valence-corrected chi connectivity index (χ3v) is 4.86. The minimum Gasteiger partial charge on any atom is -0.394 e. The maximum atomic E-state index is 12.5. The van der Waals surface area contributed by atoms with Crippen LogP contribution in [0.5, 0.6) is 0 Å². The molecule has 2 rings (SSSR count). The van der Waals surface area contributed by atoms with Crippen LogP contribution in [0.4, 0.5) is 5.69 Å². The number of aryl methyl sites for hydroxylation is 2. The zero-order chi connectivity index (χ0) is 19.1. The predicted molar refractivity (Wildman–Crippen MR) is 103 cm³/mol. The second-order valence-electron chi connectivity index (χ2n) is 7.12. The molecule has 0 spiro atoms. The van der Waals surface area contributed by atoms with E-state index in [1.54, 1.807) is 0 Å². The lowest BCUT2D eigenvalue weighted by atomic mass is 10.1. The summed E-state index contributed by atoms with van der Waals surface area (Å²) >= 11 is 0. The Morgan fingerprint density at radius 1 is 1.23 bits per heavy atom. The number of aliphatic hydroxyl groups excluding tert-OH is 1. The van der Waals surface area contributed by atoms with Crippen molar-refractivity contribution in [3.63, 3.8) is 0 Å². The molecule has 0 aromatic heterocycles. The normalized spacial score (nSPS) is 15.0. The molecule has 0 radical (unpaired) electrons. The highest BCUT2D eigenvalue weighted by Crippen LogP contribution is 2.27. The first-order chi connectivity index (χ1) is 12.4. The summed E-state index contributed by atoms with van der Waals surface area (Å²) in [5, 5.41) is 15.0. The number of carbonyl (C=O) groups is 2. The highest BCUT2D eigenvalue weighted by atomic mass is 16.3. The topological polar surface area (TPSA) is 81.7 Å². The van der Waals surface area contributed by atoms with Gasteiger partial charge in [-0.2, -0.15) is 0 Å². The van der Waals surface area contributed by atoms with Crippen molar-refractivity contribution in [3.8, 4) is 0 Å². The van der Waals surface area contributed by atoms with Gasteiger partial charge in [0.15, 0.2) is 0 Å². The van der Waals surface area contributed by atoms with E-state index < -0.39 is 0 Å². The summed E-state index contributed by atoms with van der Waals surface area (Å²) in [7, 11) is 0. The zero-order valence-corrected chi connectivity index (χ0v) is 16.0. The van der Waals surface area contributed by atoms with E-state index in [4.69, 9.17) is 0 Å². The first kappa shape index (κ1) is 20.4. The van der Waals surface area contributed by atoms with Gasteiger partial charge in [0.1, 0.15) is 0 Å². The van der Waals surface area contributed by atoms with Crippen LogP contribution in [-0.2, 0) is 9.59 Å². The zero-order valence-electron chi connectivity index (χ0n) is 16.0. The fraction of sp³-hybridized carbons (Fsp3) is 0.600. The van der Waals surface area contributed by atoms with Crippen LogP contribution in [0.2, 0.25) is 0 Å². The van der Waals surface area contributed by atoms with E-state index in [2.05, 4.69) is 15.5 Å². The fourth-order valence-corrected chi connectivity index (χ4v) is 3.03. The lowest BCUT2D eigenvalue weighted by Gasteiger charge is -2.22. The summed E-state index contributed by atoms with van der Waals surface area (Å²) < 4.78 is 0. The van der Waals surface area contributed by atoms with Gasteiger partial charge < -0.3 is 15.7 Å². The number of amides is 2. The molecule has 144 valence electrons. The number of aliphatic hydroxyl groups is 1. The third kappa shape index (κ3) is 6.11. The van der Waals surface area contributed by atoms with Crippen molar-refractivity contribution in [3.05, 3.63) is 29.3 Å². The molecule has 1 saturated carbocycles. The van der Waals surface area contributed by atoms with Gasteiger partial charge in [-0.1, -0.05) is 25.1 Å². The molecule has 0 aliphatic heterocycles. The average Bonchev–Trinajstić information content (AvgIpc) is 3.44. The molecule has 1 aromatic carbocycles. The van der Waals surface area contributed by atoms with Gasteiger partial charge in [0.05, 0.1) is 19.2 Å². The maximum absolute atomic E-state index is 12.5. The third-order valence-electron chi connectivity index (χ3n) is 4.86. The van der Waals surface area contributed by atoms with Crippen LogP contribution >= 0.6 is 0 Å². The van der Waals surface area contributed by atoms with Crippen LogP contribution in [0.15, 0.2) is 18.2 Å². The molecule has 3 N–H and O–H groups in total. The van der Waals surface area contributed by atoms with Crippen LogP contribution < -0.4 is 10.6 Å². The van der Waals surface area contributed by atoms with Crippen molar-refractivity contribution in [1.82, 2.24) is 10.2 Å². The second-order valence-corrected chi connectivity index (χ2v) is 7.12. The molecule has 1 atom stereocenters. The first-order valence-corrected chi connectivity index (χ1v) is 9.45. The van der Waals surface area contributed by atoms with Crippen LogP contribution in [0.3, 0.4) is 0 Å².